The topological polar surface area (TPSA) is 101 Å². The Morgan fingerprint density at radius 1 is 1.42 bits per heavy atom. The molecule has 0 atom stereocenters. The van der Waals surface area contributed by atoms with E-state index in [1.54, 1.807) is 19.2 Å². The molecular formula is C12H17N3O4. The van der Waals surface area contributed by atoms with Gasteiger partial charge in [0.2, 0.25) is 5.91 Å². The van der Waals surface area contributed by atoms with Gasteiger partial charge in [0.15, 0.2) is 0 Å². The van der Waals surface area contributed by atoms with E-state index in [2.05, 4.69) is 15.6 Å². The second kappa shape index (κ2) is 8.17. The molecule has 19 heavy (non-hydrogen) atoms. The van der Waals surface area contributed by atoms with Crippen molar-refractivity contribution in [3.8, 4) is 0 Å². The molecule has 0 aliphatic carbocycles. The van der Waals surface area contributed by atoms with Crippen LogP contribution in [-0.2, 0) is 16.1 Å². The molecule has 1 aromatic rings. The van der Waals surface area contributed by atoms with E-state index in [1.165, 1.54) is 6.07 Å². The van der Waals surface area contributed by atoms with Gasteiger partial charge in [0.25, 0.3) is 0 Å². The van der Waals surface area contributed by atoms with Gasteiger partial charge >= 0.3 is 5.97 Å². The molecule has 1 amide bonds. The van der Waals surface area contributed by atoms with Crippen molar-refractivity contribution >= 4 is 11.9 Å². The second-order valence-corrected chi connectivity index (χ2v) is 3.77. The van der Waals surface area contributed by atoms with Gasteiger partial charge in [-0.3, -0.25) is 4.79 Å². The lowest BCUT2D eigenvalue weighted by atomic mass is 10.3. The number of hydrogen-bond donors (Lipinski definition) is 3. The van der Waals surface area contributed by atoms with Crippen molar-refractivity contribution in [2.75, 3.05) is 26.8 Å². The van der Waals surface area contributed by atoms with Gasteiger partial charge in [-0.15, -0.1) is 0 Å². The highest BCUT2D eigenvalue weighted by atomic mass is 16.5. The van der Waals surface area contributed by atoms with Gasteiger partial charge in [-0.2, -0.15) is 0 Å². The number of amides is 1. The predicted molar refractivity (Wildman–Crippen MR) is 67.8 cm³/mol. The number of aromatic carboxylic acids is 1. The Bertz CT molecular complexity index is 437. The van der Waals surface area contributed by atoms with E-state index in [4.69, 9.17) is 9.84 Å². The summed E-state index contributed by atoms with van der Waals surface area (Å²) in [7, 11) is 1.56. The predicted octanol–water partition coefficient (Wildman–Crippen LogP) is -0.368. The van der Waals surface area contributed by atoms with Crippen molar-refractivity contribution < 1.29 is 19.4 Å². The zero-order valence-electron chi connectivity index (χ0n) is 10.7. The van der Waals surface area contributed by atoms with E-state index in [9.17, 15) is 9.59 Å². The summed E-state index contributed by atoms with van der Waals surface area (Å²) in [5, 5.41) is 14.3. The van der Waals surface area contributed by atoms with Gasteiger partial charge in [-0.25, -0.2) is 9.78 Å². The molecule has 0 fully saturated rings. The van der Waals surface area contributed by atoms with Crippen LogP contribution >= 0.6 is 0 Å². The lowest BCUT2D eigenvalue weighted by molar-refractivity contribution is -0.120. The first-order valence-corrected chi connectivity index (χ1v) is 5.79. The molecule has 0 bridgehead atoms. The van der Waals surface area contributed by atoms with Gasteiger partial charge in [0.1, 0.15) is 5.69 Å². The van der Waals surface area contributed by atoms with Crippen molar-refractivity contribution in [1.29, 1.82) is 0 Å². The van der Waals surface area contributed by atoms with Crippen LogP contribution in [0.25, 0.3) is 0 Å². The summed E-state index contributed by atoms with van der Waals surface area (Å²) in [5.41, 5.74) is 0.563. The zero-order valence-corrected chi connectivity index (χ0v) is 10.7. The summed E-state index contributed by atoms with van der Waals surface area (Å²) < 4.78 is 4.80. The maximum atomic E-state index is 11.3. The number of methoxy groups -OCH3 is 1. The Hall–Kier alpha value is -1.99. The Kier molecular flexibility index (Phi) is 6.48. The smallest absolute Gasteiger partial charge is 0.354 e. The number of aromatic nitrogens is 1. The summed E-state index contributed by atoms with van der Waals surface area (Å²) >= 11 is 0. The van der Waals surface area contributed by atoms with Crippen LogP contribution in [0.1, 0.15) is 16.2 Å². The SMILES string of the molecule is COCCNC(=O)CNCc1cccc(C(=O)O)n1. The molecule has 0 unspecified atom stereocenters. The van der Waals surface area contributed by atoms with Crippen LogP contribution < -0.4 is 10.6 Å². The first kappa shape index (κ1) is 15.1. The van der Waals surface area contributed by atoms with E-state index in [0.29, 0.717) is 25.4 Å². The molecule has 3 N–H and O–H groups in total. The Morgan fingerprint density at radius 2 is 2.21 bits per heavy atom. The number of rotatable bonds is 8. The third kappa shape index (κ3) is 5.94. The highest BCUT2D eigenvalue weighted by molar-refractivity contribution is 5.85. The molecular weight excluding hydrogens is 250 g/mol. The van der Waals surface area contributed by atoms with Crippen LogP contribution in [0.15, 0.2) is 18.2 Å². The molecule has 0 aromatic carbocycles. The van der Waals surface area contributed by atoms with Crippen LogP contribution in [0, 0.1) is 0 Å². The van der Waals surface area contributed by atoms with Gasteiger partial charge in [0, 0.05) is 20.2 Å². The minimum atomic E-state index is -1.07. The van der Waals surface area contributed by atoms with Crippen LogP contribution in [0.3, 0.4) is 0 Å². The number of pyridine rings is 1. The minimum Gasteiger partial charge on any atom is -0.477 e. The zero-order chi connectivity index (χ0) is 14.1. The number of nitrogens with one attached hydrogen (secondary N) is 2. The third-order valence-electron chi connectivity index (χ3n) is 2.25. The fraction of sp³-hybridized carbons (Fsp3) is 0.417. The second-order valence-electron chi connectivity index (χ2n) is 3.77. The third-order valence-corrected chi connectivity index (χ3v) is 2.25. The minimum absolute atomic E-state index is 0.0103. The fourth-order valence-corrected chi connectivity index (χ4v) is 1.36. The summed E-state index contributed by atoms with van der Waals surface area (Å²) in [4.78, 5) is 26.0. The van der Waals surface area contributed by atoms with E-state index in [-0.39, 0.29) is 18.1 Å². The first-order valence-electron chi connectivity index (χ1n) is 5.79. The lowest BCUT2D eigenvalue weighted by Crippen LogP contribution is -2.35. The molecule has 0 radical (unpaired) electrons. The molecule has 0 saturated heterocycles. The molecule has 7 nitrogen and oxygen atoms in total. The fourth-order valence-electron chi connectivity index (χ4n) is 1.36. The van der Waals surface area contributed by atoms with E-state index in [1.807, 2.05) is 0 Å². The standard InChI is InChI=1S/C12H17N3O4/c1-19-6-5-14-11(16)8-13-7-9-3-2-4-10(15-9)12(17)18/h2-4,13H,5-8H2,1H3,(H,14,16)(H,17,18). The van der Waals surface area contributed by atoms with E-state index >= 15 is 0 Å². The number of hydrogen-bond acceptors (Lipinski definition) is 5. The van der Waals surface area contributed by atoms with Gasteiger partial charge < -0.3 is 20.5 Å². The molecule has 7 heteroatoms. The lowest BCUT2D eigenvalue weighted by Gasteiger charge is -2.06. The van der Waals surface area contributed by atoms with E-state index in [0.717, 1.165) is 0 Å². The average Bonchev–Trinajstić information content (AvgIpc) is 2.39. The number of ether oxygens (including phenoxy) is 1. The van der Waals surface area contributed by atoms with Crippen LogP contribution in [-0.4, -0.2) is 48.8 Å². The number of carbonyl (C=O) groups excluding carboxylic acids is 1. The van der Waals surface area contributed by atoms with Gasteiger partial charge in [-0.1, -0.05) is 6.07 Å². The van der Waals surface area contributed by atoms with Crippen molar-refractivity contribution in [2.45, 2.75) is 6.54 Å². The number of carbonyl (C=O) groups is 2. The molecule has 0 aliphatic heterocycles. The monoisotopic (exact) mass is 267 g/mol. The maximum absolute atomic E-state index is 11.3. The molecule has 0 saturated carbocycles. The summed E-state index contributed by atoms with van der Waals surface area (Å²) in [6.45, 7) is 1.40. The Labute approximate surface area is 111 Å². The summed E-state index contributed by atoms with van der Waals surface area (Å²) in [6.07, 6.45) is 0. The van der Waals surface area contributed by atoms with Crippen molar-refractivity contribution in [3.05, 3.63) is 29.6 Å². The van der Waals surface area contributed by atoms with Crippen molar-refractivity contribution in [3.63, 3.8) is 0 Å². The molecule has 1 heterocycles. The number of carboxylic acids is 1. The van der Waals surface area contributed by atoms with Crippen LogP contribution in [0.5, 0.6) is 0 Å². The molecule has 1 aromatic heterocycles. The van der Waals surface area contributed by atoms with Crippen LogP contribution in [0.4, 0.5) is 0 Å². The number of nitrogens with zero attached hydrogens (tertiary/aromatic N) is 1. The van der Waals surface area contributed by atoms with Gasteiger partial charge in [0.05, 0.1) is 18.8 Å². The summed E-state index contributed by atoms with van der Waals surface area (Å²) in [6, 6.07) is 4.73. The molecule has 0 spiro atoms. The van der Waals surface area contributed by atoms with Crippen molar-refractivity contribution in [1.82, 2.24) is 15.6 Å². The van der Waals surface area contributed by atoms with Gasteiger partial charge in [-0.05, 0) is 12.1 Å². The highest BCUT2D eigenvalue weighted by Crippen LogP contribution is 1.99. The quantitative estimate of drug-likeness (QED) is 0.556. The Morgan fingerprint density at radius 3 is 2.89 bits per heavy atom. The molecule has 0 aliphatic rings. The molecule has 104 valence electrons. The average molecular weight is 267 g/mol. The Balaban J connectivity index is 2.31. The normalized spacial score (nSPS) is 10.2. The van der Waals surface area contributed by atoms with Crippen molar-refractivity contribution in [2.24, 2.45) is 0 Å². The number of carboxylic acid groups (broad SMARTS) is 1. The van der Waals surface area contributed by atoms with Crippen LogP contribution in [0.2, 0.25) is 0 Å². The summed E-state index contributed by atoms with van der Waals surface area (Å²) in [5.74, 6) is -1.22. The maximum Gasteiger partial charge on any atom is 0.354 e. The van der Waals surface area contributed by atoms with E-state index < -0.39 is 5.97 Å². The highest BCUT2D eigenvalue weighted by Gasteiger charge is 2.05. The largest absolute Gasteiger partial charge is 0.477 e. The first-order chi connectivity index (χ1) is 9.13. The molecule has 1 rings (SSSR count).